The van der Waals surface area contributed by atoms with Gasteiger partial charge in [-0.15, -0.1) is 0 Å². The molecule has 0 saturated carbocycles. The standard InChI is InChI=1S/C19H27BrClNO4/c1-6-9-19(16(23)24,22-17(25)26-18(3,4)5)11-12(2)14-8-7-13(20)10-15(14)21/h7-8,10,12H,6,9,11H2,1-5H3,(H,22,25)(H,23,24). The zero-order chi connectivity index (χ0) is 20.1. The molecule has 7 heteroatoms. The third-order valence-electron chi connectivity index (χ3n) is 3.97. The van der Waals surface area contributed by atoms with E-state index in [9.17, 15) is 14.7 Å². The van der Waals surface area contributed by atoms with E-state index in [2.05, 4.69) is 21.2 Å². The smallest absolute Gasteiger partial charge is 0.408 e. The summed E-state index contributed by atoms with van der Waals surface area (Å²) in [5.41, 5.74) is -1.30. The van der Waals surface area contributed by atoms with Crippen LogP contribution in [0.15, 0.2) is 22.7 Å². The number of amides is 1. The van der Waals surface area contributed by atoms with Gasteiger partial charge in [-0.05, 0) is 57.2 Å². The van der Waals surface area contributed by atoms with Crippen LogP contribution in [0.3, 0.4) is 0 Å². The summed E-state index contributed by atoms with van der Waals surface area (Å²) in [7, 11) is 0. The summed E-state index contributed by atoms with van der Waals surface area (Å²) in [5, 5.41) is 13.1. The molecule has 0 aliphatic heterocycles. The van der Waals surface area contributed by atoms with Crippen LogP contribution in [0.4, 0.5) is 4.79 Å². The van der Waals surface area contributed by atoms with Gasteiger partial charge in [0.1, 0.15) is 11.1 Å². The highest BCUT2D eigenvalue weighted by Crippen LogP contribution is 2.34. The first-order valence-electron chi connectivity index (χ1n) is 8.59. The van der Waals surface area contributed by atoms with Gasteiger partial charge in [-0.2, -0.15) is 0 Å². The van der Waals surface area contributed by atoms with E-state index in [-0.39, 0.29) is 12.3 Å². The molecule has 0 heterocycles. The minimum absolute atomic E-state index is 0.173. The molecule has 1 amide bonds. The van der Waals surface area contributed by atoms with Crippen molar-refractivity contribution in [1.29, 1.82) is 0 Å². The minimum Gasteiger partial charge on any atom is -0.480 e. The van der Waals surface area contributed by atoms with E-state index in [0.717, 1.165) is 10.0 Å². The Morgan fingerprint density at radius 3 is 2.42 bits per heavy atom. The second kappa shape index (κ2) is 9.09. The molecular formula is C19H27BrClNO4. The van der Waals surface area contributed by atoms with Crippen molar-refractivity contribution in [2.45, 2.75) is 70.9 Å². The molecule has 0 aliphatic carbocycles. The number of nitrogens with one attached hydrogen (secondary N) is 1. The topological polar surface area (TPSA) is 75.6 Å². The molecule has 0 fully saturated rings. The molecule has 146 valence electrons. The van der Waals surface area contributed by atoms with Crippen LogP contribution in [0.25, 0.3) is 0 Å². The van der Waals surface area contributed by atoms with E-state index in [0.29, 0.717) is 17.9 Å². The Hall–Kier alpha value is -1.27. The fraction of sp³-hybridized carbons (Fsp3) is 0.579. The van der Waals surface area contributed by atoms with Gasteiger partial charge < -0.3 is 15.2 Å². The lowest BCUT2D eigenvalue weighted by atomic mass is 9.81. The van der Waals surface area contributed by atoms with Crippen LogP contribution in [0.5, 0.6) is 0 Å². The van der Waals surface area contributed by atoms with Crippen molar-refractivity contribution < 1.29 is 19.4 Å². The third-order valence-corrected chi connectivity index (χ3v) is 4.80. The second-order valence-electron chi connectivity index (χ2n) is 7.54. The Bertz CT molecular complexity index is 659. The van der Waals surface area contributed by atoms with Crippen molar-refractivity contribution in [3.05, 3.63) is 33.3 Å². The maximum atomic E-state index is 12.3. The fourth-order valence-electron chi connectivity index (χ4n) is 2.92. The van der Waals surface area contributed by atoms with Crippen LogP contribution in [0, 0.1) is 0 Å². The zero-order valence-electron chi connectivity index (χ0n) is 15.9. The predicted octanol–water partition coefficient (Wildman–Crippen LogP) is 5.74. The van der Waals surface area contributed by atoms with Gasteiger partial charge in [-0.25, -0.2) is 9.59 Å². The van der Waals surface area contributed by atoms with Gasteiger partial charge >= 0.3 is 12.1 Å². The highest BCUT2D eigenvalue weighted by molar-refractivity contribution is 9.10. The van der Waals surface area contributed by atoms with Crippen molar-refractivity contribution in [2.75, 3.05) is 0 Å². The van der Waals surface area contributed by atoms with Gasteiger partial charge in [0.25, 0.3) is 0 Å². The third kappa shape index (κ3) is 6.47. The lowest BCUT2D eigenvalue weighted by Gasteiger charge is -2.34. The molecule has 0 saturated heterocycles. The second-order valence-corrected chi connectivity index (χ2v) is 8.86. The van der Waals surface area contributed by atoms with Gasteiger partial charge in [0.15, 0.2) is 0 Å². The molecule has 1 aromatic rings. The Morgan fingerprint density at radius 1 is 1.35 bits per heavy atom. The van der Waals surface area contributed by atoms with Crippen LogP contribution in [0.1, 0.15) is 65.4 Å². The summed E-state index contributed by atoms with van der Waals surface area (Å²) in [4.78, 5) is 24.4. The lowest BCUT2D eigenvalue weighted by molar-refractivity contribution is -0.145. The maximum absolute atomic E-state index is 12.3. The van der Waals surface area contributed by atoms with E-state index in [1.165, 1.54) is 0 Å². The highest BCUT2D eigenvalue weighted by Gasteiger charge is 2.42. The predicted molar refractivity (Wildman–Crippen MR) is 107 cm³/mol. The Balaban J connectivity index is 3.12. The number of carboxylic acids is 1. The van der Waals surface area contributed by atoms with E-state index < -0.39 is 23.2 Å². The molecule has 26 heavy (non-hydrogen) atoms. The van der Waals surface area contributed by atoms with Gasteiger partial charge in [0, 0.05) is 9.50 Å². The van der Waals surface area contributed by atoms with Crippen molar-refractivity contribution in [2.24, 2.45) is 0 Å². The lowest BCUT2D eigenvalue weighted by Crippen LogP contribution is -2.56. The number of benzene rings is 1. The van der Waals surface area contributed by atoms with Gasteiger partial charge in [0.2, 0.25) is 0 Å². The van der Waals surface area contributed by atoms with Crippen molar-refractivity contribution >= 4 is 39.6 Å². The number of carbonyl (C=O) groups is 2. The van der Waals surface area contributed by atoms with Gasteiger partial charge in [-0.1, -0.05) is 53.9 Å². The quantitative estimate of drug-likeness (QED) is 0.557. The zero-order valence-corrected chi connectivity index (χ0v) is 18.2. The monoisotopic (exact) mass is 447 g/mol. The summed E-state index contributed by atoms with van der Waals surface area (Å²) >= 11 is 9.68. The molecule has 2 N–H and O–H groups in total. The number of carboxylic acid groups (broad SMARTS) is 1. The van der Waals surface area contributed by atoms with Crippen LogP contribution in [-0.2, 0) is 9.53 Å². The molecule has 0 aliphatic rings. The van der Waals surface area contributed by atoms with Gasteiger partial charge in [0.05, 0.1) is 0 Å². The number of alkyl carbamates (subject to hydrolysis) is 1. The molecule has 0 radical (unpaired) electrons. The number of hydrogen-bond acceptors (Lipinski definition) is 3. The van der Waals surface area contributed by atoms with Crippen LogP contribution in [-0.4, -0.2) is 28.3 Å². The van der Waals surface area contributed by atoms with Crippen molar-refractivity contribution in [3.63, 3.8) is 0 Å². The number of hydrogen-bond donors (Lipinski definition) is 2. The Kier molecular flexibility index (Phi) is 7.96. The molecule has 0 bridgehead atoms. The number of halogens is 2. The van der Waals surface area contributed by atoms with E-state index in [4.69, 9.17) is 16.3 Å². The fourth-order valence-corrected chi connectivity index (χ4v) is 3.78. The summed E-state index contributed by atoms with van der Waals surface area (Å²) in [6, 6.07) is 5.50. The molecule has 2 atom stereocenters. The highest BCUT2D eigenvalue weighted by atomic mass is 79.9. The van der Waals surface area contributed by atoms with Crippen molar-refractivity contribution in [3.8, 4) is 0 Å². The number of ether oxygens (including phenoxy) is 1. The Labute approximate surface area is 168 Å². The number of carbonyl (C=O) groups excluding carboxylic acids is 1. The first-order chi connectivity index (χ1) is 11.9. The molecule has 0 aromatic heterocycles. The molecular weight excluding hydrogens is 422 g/mol. The maximum Gasteiger partial charge on any atom is 0.408 e. The molecule has 1 rings (SSSR count). The Morgan fingerprint density at radius 2 is 1.96 bits per heavy atom. The average Bonchev–Trinajstić information content (AvgIpc) is 2.44. The SMILES string of the molecule is CCCC(CC(C)c1ccc(Br)cc1Cl)(NC(=O)OC(C)(C)C)C(=O)O. The van der Waals surface area contributed by atoms with E-state index in [1.807, 2.05) is 26.0 Å². The summed E-state index contributed by atoms with van der Waals surface area (Å²) in [5.74, 6) is -1.25. The first kappa shape index (κ1) is 22.8. The van der Waals surface area contributed by atoms with Crippen LogP contribution < -0.4 is 5.32 Å². The number of rotatable bonds is 7. The summed E-state index contributed by atoms with van der Waals surface area (Å²) < 4.78 is 6.12. The van der Waals surface area contributed by atoms with Crippen molar-refractivity contribution in [1.82, 2.24) is 5.32 Å². The average molecular weight is 449 g/mol. The van der Waals surface area contributed by atoms with Crippen LogP contribution >= 0.6 is 27.5 Å². The summed E-state index contributed by atoms with van der Waals surface area (Å²) in [6.07, 6.45) is 0.363. The molecule has 0 spiro atoms. The van der Waals surface area contributed by atoms with E-state index >= 15 is 0 Å². The summed E-state index contributed by atoms with van der Waals surface area (Å²) in [6.45, 7) is 8.99. The largest absolute Gasteiger partial charge is 0.480 e. The molecule has 1 aromatic carbocycles. The molecule has 2 unspecified atom stereocenters. The van der Waals surface area contributed by atoms with Gasteiger partial charge in [-0.3, -0.25) is 0 Å². The minimum atomic E-state index is -1.42. The normalized spacial score (nSPS) is 15.0. The van der Waals surface area contributed by atoms with Crippen LogP contribution in [0.2, 0.25) is 5.02 Å². The number of aliphatic carboxylic acids is 1. The first-order valence-corrected chi connectivity index (χ1v) is 9.77. The van der Waals surface area contributed by atoms with E-state index in [1.54, 1.807) is 26.8 Å². The molecule has 5 nitrogen and oxygen atoms in total.